The summed E-state index contributed by atoms with van der Waals surface area (Å²) in [5.74, 6) is 1.19. The molecule has 1 atom stereocenters. The van der Waals surface area contributed by atoms with Crippen molar-refractivity contribution in [3.05, 3.63) is 23.5 Å². The van der Waals surface area contributed by atoms with Crippen molar-refractivity contribution in [2.75, 3.05) is 0 Å². The van der Waals surface area contributed by atoms with Gasteiger partial charge in [0, 0.05) is 5.41 Å². The van der Waals surface area contributed by atoms with Gasteiger partial charge in [0.2, 0.25) is 0 Å². The highest BCUT2D eigenvalue weighted by molar-refractivity contribution is 5.74. The number of hydrogen-bond acceptors (Lipinski definition) is 2. The van der Waals surface area contributed by atoms with E-state index in [1.165, 1.54) is 5.57 Å². The smallest absolute Gasteiger partial charge is 0.312 e. The molecule has 1 aliphatic carbocycles. The molecule has 2 aliphatic rings. The first-order valence-electron chi connectivity index (χ1n) is 5.12. The van der Waals surface area contributed by atoms with Crippen LogP contribution in [0.3, 0.4) is 0 Å². The van der Waals surface area contributed by atoms with Gasteiger partial charge in [0.05, 0.1) is 6.42 Å². The van der Waals surface area contributed by atoms with Crippen LogP contribution in [-0.4, -0.2) is 5.97 Å². The average molecular weight is 192 g/mol. The van der Waals surface area contributed by atoms with Crippen LogP contribution in [0, 0.1) is 11.3 Å². The minimum Gasteiger partial charge on any atom is -0.427 e. The Balaban J connectivity index is 2.48. The topological polar surface area (TPSA) is 26.3 Å². The van der Waals surface area contributed by atoms with Gasteiger partial charge in [-0.1, -0.05) is 26.8 Å². The van der Waals surface area contributed by atoms with E-state index < -0.39 is 0 Å². The summed E-state index contributed by atoms with van der Waals surface area (Å²) in [5.41, 5.74) is 1.27. The molecule has 0 bridgehead atoms. The lowest BCUT2D eigenvalue weighted by atomic mass is 9.71. The van der Waals surface area contributed by atoms with E-state index in [2.05, 4.69) is 26.8 Å². The maximum atomic E-state index is 11.3. The van der Waals surface area contributed by atoms with Crippen LogP contribution >= 0.6 is 0 Å². The SMILES string of the molecule is C[C@@H]1CC=CC2=C1C(C)(C)CC(=O)O2. The van der Waals surface area contributed by atoms with Crippen LogP contribution in [0.2, 0.25) is 0 Å². The molecule has 2 nitrogen and oxygen atoms in total. The fourth-order valence-corrected chi connectivity index (χ4v) is 2.53. The van der Waals surface area contributed by atoms with E-state index in [9.17, 15) is 4.79 Å². The first kappa shape index (κ1) is 9.50. The predicted molar refractivity (Wildman–Crippen MR) is 54.4 cm³/mol. The van der Waals surface area contributed by atoms with E-state index in [0.717, 1.165) is 12.2 Å². The predicted octanol–water partition coefficient (Wildman–Crippen LogP) is 2.81. The van der Waals surface area contributed by atoms with Crippen LogP contribution < -0.4 is 0 Å². The zero-order valence-corrected chi connectivity index (χ0v) is 8.96. The molecule has 2 heteroatoms. The normalized spacial score (nSPS) is 29.9. The first-order chi connectivity index (χ1) is 6.50. The fourth-order valence-electron chi connectivity index (χ4n) is 2.53. The summed E-state index contributed by atoms with van der Waals surface area (Å²) in [7, 11) is 0. The van der Waals surface area contributed by atoms with Crippen molar-refractivity contribution in [3.63, 3.8) is 0 Å². The number of ether oxygens (including phenoxy) is 1. The highest BCUT2D eigenvalue weighted by Crippen LogP contribution is 2.44. The molecule has 0 unspecified atom stereocenters. The van der Waals surface area contributed by atoms with Crippen molar-refractivity contribution in [1.82, 2.24) is 0 Å². The summed E-state index contributed by atoms with van der Waals surface area (Å²) in [6.07, 6.45) is 5.58. The molecule has 0 amide bonds. The number of carbonyl (C=O) groups excluding carboxylic acids is 1. The summed E-state index contributed by atoms with van der Waals surface area (Å²) in [5, 5.41) is 0. The van der Waals surface area contributed by atoms with Gasteiger partial charge in [-0.2, -0.15) is 0 Å². The van der Waals surface area contributed by atoms with Gasteiger partial charge in [-0.15, -0.1) is 0 Å². The van der Waals surface area contributed by atoms with Crippen LogP contribution in [0.25, 0.3) is 0 Å². The van der Waals surface area contributed by atoms with Gasteiger partial charge in [0.1, 0.15) is 5.76 Å². The molecule has 0 saturated heterocycles. The van der Waals surface area contributed by atoms with Gasteiger partial charge in [-0.25, -0.2) is 0 Å². The van der Waals surface area contributed by atoms with Gasteiger partial charge < -0.3 is 4.74 Å². The molecule has 1 aliphatic heterocycles. The van der Waals surface area contributed by atoms with Crippen LogP contribution in [0.4, 0.5) is 0 Å². The number of allylic oxidation sites excluding steroid dienone is 3. The van der Waals surface area contributed by atoms with Crippen LogP contribution in [0.1, 0.15) is 33.6 Å². The molecule has 2 rings (SSSR count). The average Bonchev–Trinajstić information content (AvgIpc) is 2.00. The Bertz CT molecular complexity index is 334. The molecule has 0 aromatic carbocycles. The Morgan fingerprint density at radius 1 is 1.50 bits per heavy atom. The summed E-state index contributed by atoms with van der Waals surface area (Å²) in [6, 6.07) is 0. The molecule has 0 aromatic rings. The molecule has 1 heterocycles. The minimum atomic E-state index is -0.104. The van der Waals surface area contributed by atoms with Crippen molar-refractivity contribution in [3.8, 4) is 0 Å². The molecule has 0 spiro atoms. The lowest BCUT2D eigenvalue weighted by Gasteiger charge is -2.37. The second-order valence-corrected chi connectivity index (χ2v) is 4.85. The Morgan fingerprint density at radius 2 is 2.21 bits per heavy atom. The minimum absolute atomic E-state index is 0.0329. The van der Waals surface area contributed by atoms with Gasteiger partial charge in [0.25, 0.3) is 0 Å². The van der Waals surface area contributed by atoms with E-state index in [0.29, 0.717) is 12.3 Å². The number of rotatable bonds is 0. The Hall–Kier alpha value is -1.05. The molecule has 76 valence electrons. The Morgan fingerprint density at radius 3 is 2.93 bits per heavy atom. The third kappa shape index (κ3) is 1.39. The zero-order chi connectivity index (χ0) is 10.3. The van der Waals surface area contributed by atoms with Gasteiger partial charge >= 0.3 is 5.97 Å². The van der Waals surface area contributed by atoms with Crippen molar-refractivity contribution < 1.29 is 9.53 Å². The second kappa shape index (κ2) is 2.97. The van der Waals surface area contributed by atoms with E-state index in [1.54, 1.807) is 0 Å². The fraction of sp³-hybridized carbons (Fsp3) is 0.583. The highest BCUT2D eigenvalue weighted by atomic mass is 16.5. The molecular weight excluding hydrogens is 176 g/mol. The van der Waals surface area contributed by atoms with Gasteiger partial charge in [-0.3, -0.25) is 4.79 Å². The molecule has 0 N–H and O–H groups in total. The molecule has 0 saturated carbocycles. The summed E-state index contributed by atoms with van der Waals surface area (Å²) in [4.78, 5) is 11.3. The van der Waals surface area contributed by atoms with Gasteiger partial charge in [-0.05, 0) is 24.0 Å². The van der Waals surface area contributed by atoms with E-state index in [-0.39, 0.29) is 11.4 Å². The number of hydrogen-bond donors (Lipinski definition) is 0. The molecule has 0 fully saturated rings. The van der Waals surface area contributed by atoms with Crippen LogP contribution in [0.15, 0.2) is 23.5 Å². The maximum Gasteiger partial charge on any atom is 0.312 e. The molecule has 14 heavy (non-hydrogen) atoms. The van der Waals surface area contributed by atoms with Crippen LogP contribution in [0.5, 0.6) is 0 Å². The summed E-state index contributed by atoms with van der Waals surface area (Å²) < 4.78 is 5.25. The monoisotopic (exact) mass is 192 g/mol. The lowest BCUT2D eigenvalue weighted by molar-refractivity contribution is -0.143. The molecule has 0 radical (unpaired) electrons. The lowest BCUT2D eigenvalue weighted by Crippen LogP contribution is -2.32. The standard InChI is InChI=1S/C12H16O2/c1-8-5-4-6-9-11(8)12(2,3)7-10(13)14-9/h4,6,8H,5,7H2,1-3H3/t8-/m1/s1. The molecular formula is C12H16O2. The maximum absolute atomic E-state index is 11.3. The van der Waals surface area contributed by atoms with E-state index in [1.807, 2.05) is 6.08 Å². The van der Waals surface area contributed by atoms with Crippen molar-refractivity contribution in [1.29, 1.82) is 0 Å². The van der Waals surface area contributed by atoms with Crippen molar-refractivity contribution in [2.45, 2.75) is 33.6 Å². The number of esters is 1. The van der Waals surface area contributed by atoms with Gasteiger partial charge in [0.15, 0.2) is 0 Å². The third-order valence-corrected chi connectivity index (χ3v) is 3.06. The summed E-state index contributed by atoms with van der Waals surface area (Å²) >= 11 is 0. The highest BCUT2D eigenvalue weighted by Gasteiger charge is 2.38. The summed E-state index contributed by atoms with van der Waals surface area (Å²) in [6.45, 7) is 6.44. The van der Waals surface area contributed by atoms with E-state index >= 15 is 0 Å². The Kier molecular flexibility index (Phi) is 2.02. The first-order valence-corrected chi connectivity index (χ1v) is 5.12. The number of carbonyl (C=O) groups is 1. The van der Waals surface area contributed by atoms with Crippen molar-refractivity contribution in [2.24, 2.45) is 11.3 Å². The van der Waals surface area contributed by atoms with Crippen molar-refractivity contribution >= 4 is 5.97 Å². The third-order valence-electron chi connectivity index (χ3n) is 3.06. The van der Waals surface area contributed by atoms with Crippen LogP contribution in [-0.2, 0) is 9.53 Å². The quantitative estimate of drug-likeness (QED) is 0.552. The zero-order valence-electron chi connectivity index (χ0n) is 8.96. The second-order valence-electron chi connectivity index (χ2n) is 4.85. The largest absolute Gasteiger partial charge is 0.427 e. The van der Waals surface area contributed by atoms with E-state index in [4.69, 9.17) is 4.74 Å². The Labute approximate surface area is 84.6 Å². The molecule has 0 aromatic heterocycles.